The van der Waals surface area contributed by atoms with Gasteiger partial charge in [-0.15, -0.1) is 0 Å². The molecule has 1 unspecified atom stereocenters. The standard InChI is InChI=1S/C12H15NO4/c1-12(10(13)14,11(15)16)7-8-4-3-5-9(6-8)17-2/h3-6H,7H2,1-2H3,(H2,13,14)(H,15,16). The molecular formula is C12H15NO4. The number of ether oxygens (including phenoxy) is 1. The van der Waals surface area contributed by atoms with Gasteiger partial charge >= 0.3 is 5.97 Å². The van der Waals surface area contributed by atoms with Crippen LogP contribution in [-0.4, -0.2) is 24.1 Å². The first kappa shape index (κ1) is 13.0. The van der Waals surface area contributed by atoms with Crippen molar-refractivity contribution in [3.8, 4) is 5.75 Å². The number of methoxy groups -OCH3 is 1. The zero-order valence-corrected chi connectivity index (χ0v) is 9.77. The van der Waals surface area contributed by atoms with Crippen molar-refractivity contribution in [3.63, 3.8) is 0 Å². The first-order valence-corrected chi connectivity index (χ1v) is 5.06. The molecule has 0 saturated carbocycles. The molecule has 5 heteroatoms. The number of hydrogen-bond donors (Lipinski definition) is 2. The summed E-state index contributed by atoms with van der Waals surface area (Å²) in [6, 6.07) is 6.89. The summed E-state index contributed by atoms with van der Waals surface area (Å²) in [5.41, 5.74) is 4.22. The number of aliphatic carboxylic acids is 1. The lowest BCUT2D eigenvalue weighted by molar-refractivity contribution is -0.153. The summed E-state index contributed by atoms with van der Waals surface area (Å²) < 4.78 is 5.03. The minimum Gasteiger partial charge on any atom is -0.497 e. The smallest absolute Gasteiger partial charge is 0.319 e. The van der Waals surface area contributed by atoms with Gasteiger partial charge in [-0.25, -0.2) is 0 Å². The zero-order valence-electron chi connectivity index (χ0n) is 9.77. The maximum atomic E-state index is 11.2. The number of carbonyl (C=O) groups is 2. The van der Waals surface area contributed by atoms with Crippen LogP contribution in [0.3, 0.4) is 0 Å². The second-order valence-corrected chi connectivity index (χ2v) is 4.03. The van der Waals surface area contributed by atoms with Gasteiger partial charge in [-0.05, 0) is 31.0 Å². The van der Waals surface area contributed by atoms with Crippen molar-refractivity contribution in [1.29, 1.82) is 0 Å². The molecule has 3 N–H and O–H groups in total. The fraction of sp³-hybridized carbons (Fsp3) is 0.333. The molecule has 0 aliphatic rings. The van der Waals surface area contributed by atoms with E-state index in [1.54, 1.807) is 24.3 Å². The van der Waals surface area contributed by atoms with Crippen molar-refractivity contribution < 1.29 is 19.4 Å². The number of rotatable bonds is 5. The maximum absolute atomic E-state index is 11.2. The highest BCUT2D eigenvalue weighted by atomic mass is 16.5. The molecule has 0 aliphatic carbocycles. The summed E-state index contributed by atoms with van der Waals surface area (Å²) in [7, 11) is 1.52. The van der Waals surface area contributed by atoms with Crippen molar-refractivity contribution in [2.24, 2.45) is 11.1 Å². The Labute approximate surface area is 99.2 Å². The van der Waals surface area contributed by atoms with E-state index in [1.807, 2.05) is 0 Å². The van der Waals surface area contributed by atoms with E-state index >= 15 is 0 Å². The van der Waals surface area contributed by atoms with Crippen LogP contribution in [0.15, 0.2) is 24.3 Å². The Bertz CT molecular complexity index is 428. The molecule has 0 radical (unpaired) electrons. The Balaban J connectivity index is 3.02. The molecule has 0 aliphatic heterocycles. The molecular weight excluding hydrogens is 222 g/mol. The van der Waals surface area contributed by atoms with Crippen molar-refractivity contribution in [2.45, 2.75) is 13.3 Å². The van der Waals surface area contributed by atoms with E-state index in [0.717, 1.165) is 0 Å². The SMILES string of the molecule is COc1cccc(CC(C)(C(N)=O)C(=O)O)c1. The van der Waals surface area contributed by atoms with E-state index in [9.17, 15) is 9.59 Å². The lowest BCUT2D eigenvalue weighted by Gasteiger charge is -2.20. The van der Waals surface area contributed by atoms with E-state index in [4.69, 9.17) is 15.6 Å². The van der Waals surface area contributed by atoms with E-state index in [2.05, 4.69) is 0 Å². The monoisotopic (exact) mass is 237 g/mol. The highest BCUT2D eigenvalue weighted by molar-refractivity contribution is 6.00. The first-order valence-electron chi connectivity index (χ1n) is 5.06. The maximum Gasteiger partial charge on any atom is 0.319 e. The number of carboxylic acids is 1. The van der Waals surface area contributed by atoms with Crippen LogP contribution in [0, 0.1) is 5.41 Å². The molecule has 1 aromatic carbocycles. The molecule has 1 aromatic rings. The van der Waals surface area contributed by atoms with E-state index in [1.165, 1.54) is 14.0 Å². The average Bonchev–Trinajstić information content (AvgIpc) is 2.28. The number of carboxylic acid groups (broad SMARTS) is 1. The topological polar surface area (TPSA) is 89.6 Å². The van der Waals surface area contributed by atoms with Crippen LogP contribution in [0.2, 0.25) is 0 Å². The van der Waals surface area contributed by atoms with Crippen molar-refractivity contribution in [1.82, 2.24) is 0 Å². The van der Waals surface area contributed by atoms with Crippen molar-refractivity contribution >= 4 is 11.9 Å². The lowest BCUT2D eigenvalue weighted by atomic mass is 9.83. The molecule has 1 rings (SSSR count). The third-order valence-corrected chi connectivity index (χ3v) is 2.71. The number of hydrogen-bond acceptors (Lipinski definition) is 3. The molecule has 0 saturated heterocycles. The molecule has 0 heterocycles. The fourth-order valence-corrected chi connectivity index (χ4v) is 1.46. The van der Waals surface area contributed by atoms with Gasteiger partial charge in [0.25, 0.3) is 0 Å². The van der Waals surface area contributed by atoms with Crippen molar-refractivity contribution in [3.05, 3.63) is 29.8 Å². The molecule has 17 heavy (non-hydrogen) atoms. The number of benzene rings is 1. The number of amides is 1. The van der Waals surface area contributed by atoms with Gasteiger partial charge in [-0.1, -0.05) is 12.1 Å². The van der Waals surface area contributed by atoms with Crippen molar-refractivity contribution in [2.75, 3.05) is 7.11 Å². The number of nitrogens with two attached hydrogens (primary N) is 1. The normalized spacial score (nSPS) is 13.8. The third-order valence-electron chi connectivity index (χ3n) is 2.71. The molecule has 1 amide bonds. The second-order valence-electron chi connectivity index (χ2n) is 4.03. The van der Waals surface area contributed by atoms with E-state index in [-0.39, 0.29) is 6.42 Å². The van der Waals surface area contributed by atoms with Crippen LogP contribution in [-0.2, 0) is 16.0 Å². The molecule has 0 spiro atoms. The number of primary amides is 1. The largest absolute Gasteiger partial charge is 0.497 e. The Hall–Kier alpha value is -2.04. The van der Waals surface area contributed by atoms with Gasteiger partial charge in [0.05, 0.1) is 7.11 Å². The highest BCUT2D eigenvalue weighted by Crippen LogP contribution is 2.24. The third kappa shape index (κ3) is 2.75. The Kier molecular flexibility index (Phi) is 3.73. The molecule has 1 atom stereocenters. The molecule has 92 valence electrons. The minimum atomic E-state index is -1.60. The van der Waals surface area contributed by atoms with Gasteiger partial charge in [0, 0.05) is 0 Å². The summed E-state index contributed by atoms with van der Waals surface area (Å²) in [5, 5.41) is 9.06. The van der Waals surface area contributed by atoms with E-state index < -0.39 is 17.3 Å². The molecule has 0 bridgehead atoms. The van der Waals surface area contributed by atoms with Gasteiger partial charge in [0.15, 0.2) is 0 Å². The van der Waals surface area contributed by atoms with Crippen LogP contribution in [0.5, 0.6) is 5.75 Å². The van der Waals surface area contributed by atoms with Gasteiger partial charge in [0.2, 0.25) is 5.91 Å². The first-order chi connectivity index (χ1) is 7.90. The Morgan fingerprint density at radius 3 is 2.59 bits per heavy atom. The summed E-state index contributed by atoms with van der Waals surface area (Å²) in [6.07, 6.45) is 0.0366. The predicted molar refractivity (Wildman–Crippen MR) is 61.6 cm³/mol. The minimum absolute atomic E-state index is 0.0366. The predicted octanol–water partition coefficient (Wildman–Crippen LogP) is 0.814. The van der Waals surface area contributed by atoms with Crippen LogP contribution in [0.1, 0.15) is 12.5 Å². The Morgan fingerprint density at radius 2 is 2.12 bits per heavy atom. The van der Waals surface area contributed by atoms with Gasteiger partial charge < -0.3 is 15.6 Å². The van der Waals surface area contributed by atoms with E-state index in [0.29, 0.717) is 11.3 Å². The molecule has 5 nitrogen and oxygen atoms in total. The fourth-order valence-electron chi connectivity index (χ4n) is 1.46. The second kappa shape index (κ2) is 4.86. The van der Waals surface area contributed by atoms with Crippen LogP contribution < -0.4 is 10.5 Å². The zero-order chi connectivity index (χ0) is 13.1. The summed E-state index contributed by atoms with van der Waals surface area (Å²) >= 11 is 0. The summed E-state index contributed by atoms with van der Waals surface area (Å²) in [5.74, 6) is -1.47. The summed E-state index contributed by atoms with van der Waals surface area (Å²) in [6.45, 7) is 1.32. The van der Waals surface area contributed by atoms with Crippen LogP contribution >= 0.6 is 0 Å². The summed E-state index contributed by atoms with van der Waals surface area (Å²) in [4.78, 5) is 22.3. The van der Waals surface area contributed by atoms with Gasteiger partial charge in [0.1, 0.15) is 11.2 Å². The molecule has 0 aromatic heterocycles. The van der Waals surface area contributed by atoms with Gasteiger partial charge in [-0.3, -0.25) is 9.59 Å². The van der Waals surface area contributed by atoms with Gasteiger partial charge in [-0.2, -0.15) is 0 Å². The lowest BCUT2D eigenvalue weighted by Crippen LogP contribution is -2.43. The molecule has 0 fully saturated rings. The van der Waals surface area contributed by atoms with Crippen LogP contribution in [0.4, 0.5) is 0 Å². The Morgan fingerprint density at radius 1 is 1.47 bits per heavy atom. The van der Waals surface area contributed by atoms with Crippen LogP contribution in [0.25, 0.3) is 0 Å². The number of carbonyl (C=O) groups excluding carboxylic acids is 1. The highest BCUT2D eigenvalue weighted by Gasteiger charge is 2.39. The quantitative estimate of drug-likeness (QED) is 0.742. The average molecular weight is 237 g/mol.